The first kappa shape index (κ1) is 15.2. The Hall–Kier alpha value is -0.850. The molecule has 6 heteroatoms. The molecule has 0 saturated heterocycles. The summed E-state index contributed by atoms with van der Waals surface area (Å²) in [6, 6.07) is 0. The summed E-state index contributed by atoms with van der Waals surface area (Å²) in [5.41, 5.74) is 2.54. The van der Waals surface area contributed by atoms with Gasteiger partial charge in [0.25, 0.3) is 0 Å². The lowest BCUT2D eigenvalue weighted by Gasteiger charge is -2.30. The van der Waals surface area contributed by atoms with Gasteiger partial charge in [0.2, 0.25) is 5.96 Å². The van der Waals surface area contributed by atoms with E-state index in [1.165, 1.54) is 0 Å². The maximum absolute atomic E-state index is 5.36. The molecule has 0 aliphatic carbocycles. The molecule has 0 amide bonds. The van der Waals surface area contributed by atoms with Crippen molar-refractivity contribution in [2.75, 3.05) is 40.9 Å². The molecule has 0 unspecified atom stereocenters. The average molecular weight is 231 g/mol. The van der Waals surface area contributed by atoms with Crippen LogP contribution in [-0.2, 0) is 4.74 Å². The van der Waals surface area contributed by atoms with E-state index in [4.69, 9.17) is 10.6 Å². The third-order valence-corrected chi connectivity index (χ3v) is 2.57. The lowest BCUT2D eigenvalue weighted by Crippen LogP contribution is -2.46. The van der Waals surface area contributed by atoms with Crippen molar-refractivity contribution in [3.05, 3.63) is 0 Å². The smallest absolute Gasteiger partial charge is 0.205 e. The number of nitrogens with one attached hydrogen (secondary N) is 2. The van der Waals surface area contributed by atoms with Crippen molar-refractivity contribution in [3.63, 3.8) is 0 Å². The van der Waals surface area contributed by atoms with Gasteiger partial charge < -0.3 is 15.0 Å². The molecule has 0 aromatic heterocycles. The number of guanidine groups is 1. The fourth-order valence-electron chi connectivity index (χ4n) is 0.838. The number of likely N-dealkylation sites (N-methyl/N-ethyl adjacent to an activating group) is 1. The summed E-state index contributed by atoms with van der Waals surface area (Å²) in [5.74, 6) is 5.95. The first-order valence-corrected chi connectivity index (χ1v) is 5.35. The zero-order valence-electron chi connectivity index (χ0n) is 11.0. The van der Waals surface area contributed by atoms with E-state index in [0.717, 1.165) is 0 Å². The minimum absolute atomic E-state index is 0.00500. The Kier molecular flexibility index (Phi) is 7.03. The van der Waals surface area contributed by atoms with E-state index in [2.05, 4.69) is 34.5 Å². The third-order valence-electron chi connectivity index (χ3n) is 2.57. The van der Waals surface area contributed by atoms with Gasteiger partial charge in [-0.3, -0.25) is 10.4 Å². The number of aliphatic imine (C=N–C) groups is 1. The molecule has 0 radical (unpaired) electrons. The monoisotopic (exact) mass is 231 g/mol. The SMILES string of the molecule is COCCNC(=NCC(C)(C)N(C)C)NN. The van der Waals surface area contributed by atoms with Crippen LogP contribution in [0.1, 0.15) is 13.8 Å². The largest absolute Gasteiger partial charge is 0.383 e. The van der Waals surface area contributed by atoms with Crippen molar-refractivity contribution < 1.29 is 4.74 Å². The van der Waals surface area contributed by atoms with E-state index in [-0.39, 0.29) is 5.54 Å². The summed E-state index contributed by atoms with van der Waals surface area (Å²) < 4.78 is 4.93. The Morgan fingerprint density at radius 3 is 2.50 bits per heavy atom. The van der Waals surface area contributed by atoms with Crippen molar-refractivity contribution in [3.8, 4) is 0 Å². The minimum Gasteiger partial charge on any atom is -0.383 e. The van der Waals surface area contributed by atoms with E-state index in [1.54, 1.807) is 7.11 Å². The second-order valence-electron chi connectivity index (χ2n) is 4.44. The molecule has 0 saturated carbocycles. The summed E-state index contributed by atoms with van der Waals surface area (Å²) in [6.07, 6.45) is 0. The summed E-state index contributed by atoms with van der Waals surface area (Å²) in [4.78, 5) is 6.50. The summed E-state index contributed by atoms with van der Waals surface area (Å²) in [6.45, 7) is 6.22. The molecule has 0 aromatic carbocycles. The zero-order valence-corrected chi connectivity index (χ0v) is 11.0. The van der Waals surface area contributed by atoms with E-state index in [9.17, 15) is 0 Å². The number of nitrogens with two attached hydrogens (primary N) is 1. The first-order valence-electron chi connectivity index (χ1n) is 5.35. The van der Waals surface area contributed by atoms with Crippen molar-refractivity contribution in [2.45, 2.75) is 19.4 Å². The molecular formula is C10H25N5O. The molecule has 4 N–H and O–H groups in total. The van der Waals surface area contributed by atoms with Crippen LogP contribution in [0.15, 0.2) is 4.99 Å². The quantitative estimate of drug-likeness (QED) is 0.187. The highest BCUT2D eigenvalue weighted by atomic mass is 16.5. The van der Waals surface area contributed by atoms with Gasteiger partial charge in [0.1, 0.15) is 0 Å². The Labute approximate surface area is 98.2 Å². The van der Waals surface area contributed by atoms with Crippen LogP contribution in [-0.4, -0.2) is 57.3 Å². The highest BCUT2D eigenvalue weighted by Gasteiger charge is 2.19. The number of rotatable bonds is 6. The van der Waals surface area contributed by atoms with Crippen LogP contribution in [0.3, 0.4) is 0 Å². The number of hydrogen-bond acceptors (Lipinski definition) is 4. The van der Waals surface area contributed by atoms with Gasteiger partial charge in [-0.2, -0.15) is 0 Å². The summed E-state index contributed by atoms with van der Waals surface area (Å²) in [5, 5.41) is 3.05. The molecule has 0 atom stereocenters. The van der Waals surface area contributed by atoms with E-state index in [1.807, 2.05) is 14.1 Å². The molecule has 0 spiro atoms. The second-order valence-corrected chi connectivity index (χ2v) is 4.44. The standard InChI is InChI=1S/C10H25N5O/c1-10(2,15(3)4)8-13-9(14-11)12-6-7-16-5/h6-8,11H2,1-5H3,(H2,12,13,14). The number of hydrazine groups is 1. The van der Waals surface area contributed by atoms with E-state index >= 15 is 0 Å². The molecule has 96 valence electrons. The molecule has 0 heterocycles. The Morgan fingerprint density at radius 1 is 1.44 bits per heavy atom. The number of hydrogen-bond donors (Lipinski definition) is 3. The maximum Gasteiger partial charge on any atom is 0.205 e. The minimum atomic E-state index is 0.00500. The Balaban J connectivity index is 4.15. The van der Waals surface area contributed by atoms with Gasteiger partial charge in [0, 0.05) is 19.2 Å². The molecule has 6 nitrogen and oxygen atoms in total. The highest BCUT2D eigenvalue weighted by Crippen LogP contribution is 2.09. The summed E-state index contributed by atoms with van der Waals surface area (Å²) in [7, 11) is 5.72. The van der Waals surface area contributed by atoms with Gasteiger partial charge in [-0.05, 0) is 27.9 Å². The van der Waals surface area contributed by atoms with Crippen LogP contribution in [0.2, 0.25) is 0 Å². The topological polar surface area (TPSA) is 74.9 Å². The molecule has 0 aliphatic heterocycles. The van der Waals surface area contributed by atoms with Gasteiger partial charge in [-0.1, -0.05) is 0 Å². The van der Waals surface area contributed by atoms with Crippen LogP contribution >= 0.6 is 0 Å². The summed E-state index contributed by atoms with van der Waals surface area (Å²) >= 11 is 0. The van der Waals surface area contributed by atoms with Crippen LogP contribution in [0.25, 0.3) is 0 Å². The molecule has 16 heavy (non-hydrogen) atoms. The molecule has 0 fully saturated rings. The molecule has 0 rings (SSSR count). The van der Waals surface area contributed by atoms with E-state index in [0.29, 0.717) is 25.7 Å². The second kappa shape index (κ2) is 7.43. The Morgan fingerprint density at radius 2 is 2.06 bits per heavy atom. The molecule has 0 bridgehead atoms. The van der Waals surface area contributed by atoms with Crippen molar-refractivity contribution >= 4 is 5.96 Å². The van der Waals surface area contributed by atoms with Crippen molar-refractivity contribution in [1.82, 2.24) is 15.6 Å². The van der Waals surface area contributed by atoms with Crippen LogP contribution in [0, 0.1) is 0 Å². The predicted octanol–water partition coefficient (Wildman–Crippen LogP) is -0.618. The van der Waals surface area contributed by atoms with Gasteiger partial charge in [-0.15, -0.1) is 0 Å². The van der Waals surface area contributed by atoms with Gasteiger partial charge >= 0.3 is 0 Å². The van der Waals surface area contributed by atoms with Crippen molar-refractivity contribution in [2.24, 2.45) is 10.8 Å². The maximum atomic E-state index is 5.36. The van der Waals surface area contributed by atoms with Gasteiger partial charge in [-0.25, -0.2) is 5.84 Å². The normalized spacial score (nSPS) is 13.1. The van der Waals surface area contributed by atoms with E-state index < -0.39 is 0 Å². The first-order chi connectivity index (χ1) is 7.44. The predicted molar refractivity (Wildman–Crippen MR) is 67.3 cm³/mol. The van der Waals surface area contributed by atoms with Crippen LogP contribution in [0.5, 0.6) is 0 Å². The molecular weight excluding hydrogens is 206 g/mol. The van der Waals surface area contributed by atoms with Crippen LogP contribution < -0.4 is 16.6 Å². The zero-order chi connectivity index (χ0) is 12.6. The number of nitrogens with zero attached hydrogens (tertiary/aromatic N) is 2. The lowest BCUT2D eigenvalue weighted by molar-refractivity contribution is 0.201. The fourth-order valence-corrected chi connectivity index (χ4v) is 0.838. The van der Waals surface area contributed by atoms with Gasteiger partial charge in [0.05, 0.1) is 13.2 Å². The lowest BCUT2D eigenvalue weighted by atomic mass is 10.1. The van der Waals surface area contributed by atoms with Crippen LogP contribution in [0.4, 0.5) is 0 Å². The fraction of sp³-hybridized carbons (Fsp3) is 0.900. The highest BCUT2D eigenvalue weighted by molar-refractivity contribution is 5.79. The molecule has 0 aromatic rings. The van der Waals surface area contributed by atoms with Gasteiger partial charge in [0.15, 0.2) is 0 Å². The number of methoxy groups -OCH3 is 1. The van der Waals surface area contributed by atoms with Crippen molar-refractivity contribution in [1.29, 1.82) is 0 Å². The Bertz CT molecular complexity index is 215. The third kappa shape index (κ3) is 5.89. The number of ether oxygens (including phenoxy) is 1. The average Bonchev–Trinajstić information content (AvgIpc) is 2.23. The molecule has 0 aliphatic rings.